The Morgan fingerprint density at radius 2 is 1.72 bits per heavy atom. The van der Waals surface area contributed by atoms with Gasteiger partial charge in [0, 0.05) is 5.56 Å². The summed E-state index contributed by atoms with van der Waals surface area (Å²) in [5.74, 6) is -1.42. The number of hydrogen-bond donors (Lipinski definition) is 3. The summed E-state index contributed by atoms with van der Waals surface area (Å²) in [6.45, 7) is 0. The number of aromatic nitrogens is 2. The number of aromatic amines is 1. The Balaban J connectivity index is 1.44. The summed E-state index contributed by atoms with van der Waals surface area (Å²) in [4.78, 5) is 23.1. The number of nitrogens with one attached hydrogen (secondary N) is 2. The second kappa shape index (κ2) is 7.77. The van der Waals surface area contributed by atoms with Crippen LogP contribution >= 0.6 is 0 Å². The van der Waals surface area contributed by atoms with Crippen LogP contribution in [0.15, 0.2) is 77.9 Å². The Labute approximate surface area is 165 Å². The van der Waals surface area contributed by atoms with Gasteiger partial charge < -0.3 is 5.11 Å². The number of benzene rings is 3. The van der Waals surface area contributed by atoms with Crippen LogP contribution in [-0.4, -0.2) is 33.4 Å². The van der Waals surface area contributed by atoms with Crippen LogP contribution in [0.1, 0.15) is 26.4 Å². The maximum atomic E-state index is 12.3. The van der Waals surface area contributed by atoms with Crippen molar-refractivity contribution in [3.8, 4) is 11.3 Å². The normalized spacial score (nSPS) is 11.0. The zero-order chi connectivity index (χ0) is 20.2. The Kier molecular flexibility index (Phi) is 4.86. The molecule has 142 valence electrons. The lowest BCUT2D eigenvalue weighted by atomic mass is 10.1. The molecule has 0 atom stereocenters. The van der Waals surface area contributed by atoms with Crippen LogP contribution in [-0.2, 0) is 0 Å². The van der Waals surface area contributed by atoms with E-state index >= 15 is 0 Å². The number of carbonyl (C=O) groups excluding carboxylic acids is 1. The molecule has 0 aliphatic carbocycles. The summed E-state index contributed by atoms with van der Waals surface area (Å²) in [6.07, 6.45) is 1.43. The number of H-pyrrole nitrogens is 1. The van der Waals surface area contributed by atoms with Gasteiger partial charge in [-0.1, -0.05) is 48.5 Å². The average molecular weight is 384 g/mol. The van der Waals surface area contributed by atoms with E-state index in [9.17, 15) is 9.59 Å². The van der Waals surface area contributed by atoms with Crippen molar-refractivity contribution in [3.05, 3.63) is 89.6 Å². The number of hydrazone groups is 1. The molecule has 0 saturated heterocycles. The summed E-state index contributed by atoms with van der Waals surface area (Å²) in [5, 5.41) is 21.9. The molecule has 29 heavy (non-hydrogen) atoms. The summed E-state index contributed by atoms with van der Waals surface area (Å²) >= 11 is 0. The first-order valence-electron chi connectivity index (χ1n) is 8.81. The van der Waals surface area contributed by atoms with Crippen molar-refractivity contribution in [3.63, 3.8) is 0 Å². The second-order valence-corrected chi connectivity index (χ2v) is 6.36. The zero-order valence-electron chi connectivity index (χ0n) is 15.2. The minimum atomic E-state index is -0.997. The minimum Gasteiger partial charge on any atom is -0.478 e. The van der Waals surface area contributed by atoms with E-state index in [0.29, 0.717) is 11.3 Å². The maximum absolute atomic E-state index is 12.3. The van der Waals surface area contributed by atoms with Crippen molar-refractivity contribution >= 4 is 28.9 Å². The van der Waals surface area contributed by atoms with Gasteiger partial charge in [0.25, 0.3) is 5.91 Å². The van der Waals surface area contributed by atoms with Crippen molar-refractivity contribution in [1.29, 1.82) is 0 Å². The average Bonchev–Trinajstić information content (AvgIpc) is 3.24. The van der Waals surface area contributed by atoms with Gasteiger partial charge in [-0.15, -0.1) is 0 Å². The van der Waals surface area contributed by atoms with Gasteiger partial charge in [0.1, 0.15) is 5.69 Å². The summed E-state index contributed by atoms with van der Waals surface area (Å²) in [5.41, 5.74) is 5.12. The maximum Gasteiger partial charge on any atom is 0.335 e. The molecule has 1 heterocycles. The van der Waals surface area contributed by atoms with Crippen LogP contribution in [0.5, 0.6) is 0 Å². The molecule has 0 unspecified atom stereocenters. The Hall–Kier alpha value is -4.26. The molecule has 4 aromatic rings. The van der Waals surface area contributed by atoms with Gasteiger partial charge in [-0.2, -0.15) is 10.2 Å². The summed E-state index contributed by atoms with van der Waals surface area (Å²) in [7, 11) is 0. The van der Waals surface area contributed by atoms with Crippen LogP contribution in [0.3, 0.4) is 0 Å². The number of rotatable bonds is 5. The molecule has 0 aliphatic heterocycles. The van der Waals surface area contributed by atoms with Gasteiger partial charge in [0.05, 0.1) is 17.5 Å². The van der Waals surface area contributed by atoms with E-state index in [2.05, 4.69) is 20.7 Å². The number of amides is 1. The van der Waals surface area contributed by atoms with Crippen molar-refractivity contribution in [2.75, 3.05) is 0 Å². The fourth-order valence-electron chi connectivity index (χ4n) is 2.87. The lowest BCUT2D eigenvalue weighted by molar-refractivity contribution is 0.0696. The van der Waals surface area contributed by atoms with Crippen molar-refractivity contribution in [2.45, 2.75) is 0 Å². The smallest absolute Gasteiger partial charge is 0.335 e. The first kappa shape index (κ1) is 18.1. The third-order valence-corrected chi connectivity index (χ3v) is 4.41. The van der Waals surface area contributed by atoms with E-state index in [1.807, 2.05) is 42.5 Å². The molecule has 3 aromatic carbocycles. The van der Waals surface area contributed by atoms with Crippen LogP contribution in [0.2, 0.25) is 0 Å². The molecule has 0 saturated carbocycles. The Morgan fingerprint density at radius 1 is 0.966 bits per heavy atom. The van der Waals surface area contributed by atoms with Gasteiger partial charge in [-0.3, -0.25) is 9.89 Å². The van der Waals surface area contributed by atoms with Gasteiger partial charge in [0.15, 0.2) is 0 Å². The highest BCUT2D eigenvalue weighted by Gasteiger charge is 2.11. The topological polar surface area (TPSA) is 107 Å². The van der Waals surface area contributed by atoms with E-state index in [-0.39, 0.29) is 11.3 Å². The molecule has 4 rings (SSSR count). The first-order chi connectivity index (χ1) is 14.1. The van der Waals surface area contributed by atoms with Crippen molar-refractivity contribution in [2.24, 2.45) is 5.10 Å². The van der Waals surface area contributed by atoms with Gasteiger partial charge in [-0.25, -0.2) is 10.2 Å². The third-order valence-electron chi connectivity index (χ3n) is 4.41. The monoisotopic (exact) mass is 384 g/mol. The number of carboxylic acid groups (broad SMARTS) is 1. The molecular formula is C22H16N4O3. The molecule has 0 aliphatic rings. The summed E-state index contributed by atoms with van der Waals surface area (Å²) < 4.78 is 0. The van der Waals surface area contributed by atoms with Crippen LogP contribution in [0, 0.1) is 0 Å². The van der Waals surface area contributed by atoms with Crippen LogP contribution < -0.4 is 5.43 Å². The number of carboxylic acids is 1. The SMILES string of the molecule is O=C(O)c1ccc(/C=N\NC(=O)c2cc(-c3ccc4ccccc4c3)n[nH]2)cc1. The predicted octanol–water partition coefficient (Wildman–Crippen LogP) is 3.69. The quantitative estimate of drug-likeness (QED) is 0.360. The Morgan fingerprint density at radius 3 is 2.48 bits per heavy atom. The molecule has 0 spiro atoms. The fraction of sp³-hybridized carbons (Fsp3) is 0. The van der Waals surface area contributed by atoms with Crippen molar-refractivity contribution in [1.82, 2.24) is 15.6 Å². The lowest BCUT2D eigenvalue weighted by Crippen LogP contribution is -2.18. The van der Waals surface area contributed by atoms with Crippen molar-refractivity contribution < 1.29 is 14.7 Å². The molecule has 7 heteroatoms. The molecule has 1 aromatic heterocycles. The number of carbonyl (C=O) groups is 2. The highest BCUT2D eigenvalue weighted by Crippen LogP contribution is 2.23. The lowest BCUT2D eigenvalue weighted by Gasteiger charge is -2.00. The molecule has 7 nitrogen and oxygen atoms in total. The number of hydrogen-bond acceptors (Lipinski definition) is 4. The van der Waals surface area contributed by atoms with Gasteiger partial charge in [0.2, 0.25) is 0 Å². The van der Waals surface area contributed by atoms with E-state index in [1.54, 1.807) is 18.2 Å². The van der Waals surface area contributed by atoms with Crippen LogP contribution in [0.4, 0.5) is 0 Å². The van der Waals surface area contributed by atoms with Gasteiger partial charge >= 0.3 is 5.97 Å². The molecule has 1 amide bonds. The highest BCUT2D eigenvalue weighted by molar-refractivity contribution is 5.95. The Bertz CT molecular complexity index is 1230. The minimum absolute atomic E-state index is 0.185. The number of aromatic carboxylic acids is 1. The van der Waals surface area contributed by atoms with E-state index in [1.165, 1.54) is 18.3 Å². The fourth-order valence-corrected chi connectivity index (χ4v) is 2.87. The predicted molar refractivity (Wildman–Crippen MR) is 110 cm³/mol. The zero-order valence-corrected chi connectivity index (χ0v) is 15.2. The number of nitrogens with zero attached hydrogens (tertiary/aromatic N) is 2. The van der Waals surface area contributed by atoms with E-state index in [0.717, 1.165) is 16.3 Å². The molecule has 0 bridgehead atoms. The van der Waals surface area contributed by atoms with E-state index < -0.39 is 11.9 Å². The second-order valence-electron chi connectivity index (χ2n) is 6.36. The third kappa shape index (κ3) is 4.03. The molecule has 3 N–H and O–H groups in total. The standard InChI is InChI=1S/C22H16N4O3/c27-21(26-23-13-14-5-7-16(8-6-14)22(28)29)20-12-19(24-25-20)18-10-9-15-3-1-2-4-17(15)11-18/h1-13H,(H,24,25)(H,26,27)(H,28,29)/b23-13-. The molecule has 0 radical (unpaired) electrons. The number of fused-ring (bicyclic) bond motifs is 1. The summed E-state index contributed by atoms with van der Waals surface area (Å²) in [6, 6.07) is 21.8. The molecular weight excluding hydrogens is 368 g/mol. The van der Waals surface area contributed by atoms with Crippen LogP contribution in [0.25, 0.3) is 22.0 Å². The molecule has 0 fully saturated rings. The van der Waals surface area contributed by atoms with E-state index in [4.69, 9.17) is 5.11 Å². The highest BCUT2D eigenvalue weighted by atomic mass is 16.4. The first-order valence-corrected chi connectivity index (χ1v) is 8.81. The van der Waals surface area contributed by atoms with Gasteiger partial charge in [-0.05, 0) is 40.6 Å². The largest absolute Gasteiger partial charge is 0.478 e.